The number of hydrogen-bond acceptors (Lipinski definition) is 4. The van der Waals surface area contributed by atoms with Crippen molar-refractivity contribution in [3.05, 3.63) is 23.8 Å². The molecule has 5 heteroatoms. The molecule has 0 radical (unpaired) electrons. The molecule has 5 nitrogen and oxygen atoms in total. The largest absolute Gasteiger partial charge is 0.399 e. The molecule has 0 fully saturated rings. The van der Waals surface area contributed by atoms with E-state index in [1.807, 2.05) is 0 Å². The number of nitrogens with two attached hydrogens (primary N) is 1. The summed E-state index contributed by atoms with van der Waals surface area (Å²) < 4.78 is 5.00. The van der Waals surface area contributed by atoms with Gasteiger partial charge in [-0.2, -0.15) is 0 Å². The first-order valence-corrected chi connectivity index (χ1v) is 6.53. The van der Waals surface area contributed by atoms with Gasteiger partial charge in [0, 0.05) is 38.7 Å². The Bertz CT molecular complexity index is 408. The molecule has 19 heavy (non-hydrogen) atoms. The first-order chi connectivity index (χ1) is 9.19. The van der Waals surface area contributed by atoms with Crippen molar-refractivity contribution in [2.45, 2.75) is 19.3 Å². The SMILES string of the molecule is CNC(=O)c1ccc(N)cc1NCCCCCOC. The van der Waals surface area contributed by atoms with Crippen LogP contribution in [0.2, 0.25) is 0 Å². The molecule has 0 spiro atoms. The second kappa shape index (κ2) is 8.37. The molecule has 0 aliphatic heterocycles. The Morgan fingerprint density at radius 2 is 2.11 bits per heavy atom. The van der Waals surface area contributed by atoms with E-state index in [0.29, 0.717) is 11.3 Å². The van der Waals surface area contributed by atoms with Gasteiger partial charge in [-0.25, -0.2) is 0 Å². The highest BCUT2D eigenvalue weighted by Crippen LogP contribution is 2.19. The summed E-state index contributed by atoms with van der Waals surface area (Å²) in [5.41, 5.74) is 7.80. The van der Waals surface area contributed by atoms with Gasteiger partial charge < -0.3 is 21.1 Å². The minimum Gasteiger partial charge on any atom is -0.399 e. The minimum absolute atomic E-state index is 0.109. The summed E-state index contributed by atoms with van der Waals surface area (Å²) in [5.74, 6) is -0.109. The van der Waals surface area contributed by atoms with Crippen LogP contribution in [-0.2, 0) is 4.74 Å². The lowest BCUT2D eigenvalue weighted by atomic mass is 10.1. The molecule has 1 aromatic rings. The van der Waals surface area contributed by atoms with Crippen LogP contribution in [0.1, 0.15) is 29.6 Å². The van der Waals surface area contributed by atoms with Gasteiger partial charge in [-0.1, -0.05) is 0 Å². The van der Waals surface area contributed by atoms with Gasteiger partial charge >= 0.3 is 0 Å². The molecule has 1 rings (SSSR count). The lowest BCUT2D eigenvalue weighted by Crippen LogP contribution is -2.20. The first kappa shape index (κ1) is 15.3. The molecule has 0 aromatic heterocycles. The Kier molecular flexibility index (Phi) is 6.74. The van der Waals surface area contributed by atoms with Crippen LogP contribution in [0.25, 0.3) is 0 Å². The fraction of sp³-hybridized carbons (Fsp3) is 0.500. The van der Waals surface area contributed by atoms with Gasteiger partial charge in [0.1, 0.15) is 0 Å². The number of carbonyl (C=O) groups is 1. The molecule has 106 valence electrons. The van der Waals surface area contributed by atoms with E-state index in [1.54, 1.807) is 32.4 Å². The number of carbonyl (C=O) groups excluding carboxylic acids is 1. The van der Waals surface area contributed by atoms with Crippen molar-refractivity contribution in [3.63, 3.8) is 0 Å². The third kappa shape index (κ3) is 5.18. The number of unbranched alkanes of at least 4 members (excludes halogenated alkanes) is 2. The monoisotopic (exact) mass is 265 g/mol. The van der Waals surface area contributed by atoms with Crippen LogP contribution in [0.4, 0.5) is 11.4 Å². The molecule has 4 N–H and O–H groups in total. The van der Waals surface area contributed by atoms with Crippen LogP contribution >= 0.6 is 0 Å². The number of nitrogens with one attached hydrogen (secondary N) is 2. The summed E-state index contributed by atoms with van der Waals surface area (Å²) in [7, 11) is 3.33. The number of rotatable bonds is 8. The number of methoxy groups -OCH3 is 1. The number of hydrogen-bond donors (Lipinski definition) is 3. The third-order valence-corrected chi connectivity index (χ3v) is 2.86. The van der Waals surface area contributed by atoms with Crippen molar-refractivity contribution in [3.8, 4) is 0 Å². The third-order valence-electron chi connectivity index (χ3n) is 2.86. The Morgan fingerprint density at radius 1 is 1.32 bits per heavy atom. The molecular weight excluding hydrogens is 242 g/mol. The molecular formula is C14H23N3O2. The van der Waals surface area contributed by atoms with Crippen LogP contribution in [0.5, 0.6) is 0 Å². The van der Waals surface area contributed by atoms with Gasteiger partial charge in [-0.05, 0) is 37.5 Å². The van der Waals surface area contributed by atoms with E-state index in [2.05, 4.69) is 10.6 Å². The second-order valence-electron chi connectivity index (χ2n) is 4.36. The highest BCUT2D eigenvalue weighted by atomic mass is 16.5. The Morgan fingerprint density at radius 3 is 2.79 bits per heavy atom. The van der Waals surface area contributed by atoms with Crippen molar-refractivity contribution < 1.29 is 9.53 Å². The minimum atomic E-state index is -0.109. The molecule has 0 aliphatic carbocycles. The summed E-state index contributed by atoms with van der Waals surface area (Å²) in [6, 6.07) is 5.26. The molecule has 0 saturated carbocycles. The molecule has 1 amide bonds. The van der Waals surface area contributed by atoms with Crippen molar-refractivity contribution >= 4 is 17.3 Å². The van der Waals surface area contributed by atoms with E-state index in [4.69, 9.17) is 10.5 Å². The summed E-state index contributed by atoms with van der Waals surface area (Å²) in [6.07, 6.45) is 3.18. The van der Waals surface area contributed by atoms with Crippen molar-refractivity contribution in [2.75, 3.05) is 38.4 Å². The summed E-state index contributed by atoms with van der Waals surface area (Å²) in [6.45, 7) is 1.61. The summed E-state index contributed by atoms with van der Waals surface area (Å²) in [5, 5.41) is 5.89. The lowest BCUT2D eigenvalue weighted by Gasteiger charge is -2.12. The average molecular weight is 265 g/mol. The van der Waals surface area contributed by atoms with E-state index < -0.39 is 0 Å². The van der Waals surface area contributed by atoms with Gasteiger partial charge in [0.2, 0.25) is 0 Å². The normalized spacial score (nSPS) is 10.2. The fourth-order valence-corrected chi connectivity index (χ4v) is 1.81. The second-order valence-corrected chi connectivity index (χ2v) is 4.36. The predicted octanol–water partition coefficient (Wildman–Crippen LogP) is 1.86. The van der Waals surface area contributed by atoms with Gasteiger partial charge in [0.05, 0.1) is 5.56 Å². The zero-order valence-corrected chi connectivity index (χ0v) is 11.7. The zero-order chi connectivity index (χ0) is 14.1. The van der Waals surface area contributed by atoms with E-state index in [1.165, 1.54) is 0 Å². The van der Waals surface area contributed by atoms with Crippen LogP contribution < -0.4 is 16.4 Å². The number of benzene rings is 1. The Labute approximate surface area is 114 Å². The summed E-state index contributed by atoms with van der Waals surface area (Å²) >= 11 is 0. The number of ether oxygens (including phenoxy) is 1. The molecule has 0 bridgehead atoms. The highest BCUT2D eigenvalue weighted by Gasteiger charge is 2.09. The predicted molar refractivity (Wildman–Crippen MR) is 78.5 cm³/mol. The fourth-order valence-electron chi connectivity index (χ4n) is 1.81. The Balaban J connectivity index is 2.51. The maximum Gasteiger partial charge on any atom is 0.253 e. The van der Waals surface area contributed by atoms with Gasteiger partial charge in [0.25, 0.3) is 5.91 Å². The van der Waals surface area contributed by atoms with Crippen LogP contribution in [0, 0.1) is 0 Å². The van der Waals surface area contributed by atoms with Crippen molar-refractivity contribution in [1.82, 2.24) is 5.32 Å². The number of anilines is 2. The van der Waals surface area contributed by atoms with Crippen molar-refractivity contribution in [2.24, 2.45) is 0 Å². The standard InChI is InChI=1S/C14H23N3O2/c1-16-14(18)12-7-6-11(15)10-13(12)17-8-4-3-5-9-19-2/h6-7,10,17H,3-5,8-9,15H2,1-2H3,(H,16,18). The van der Waals surface area contributed by atoms with Crippen LogP contribution in [-0.4, -0.2) is 33.2 Å². The molecule has 0 unspecified atom stereocenters. The average Bonchev–Trinajstić information content (AvgIpc) is 2.42. The van der Waals surface area contributed by atoms with Crippen LogP contribution in [0.3, 0.4) is 0 Å². The molecule has 0 saturated heterocycles. The molecule has 1 aromatic carbocycles. The van der Waals surface area contributed by atoms with E-state index >= 15 is 0 Å². The lowest BCUT2D eigenvalue weighted by molar-refractivity contribution is 0.0964. The Hall–Kier alpha value is -1.75. The maximum absolute atomic E-state index is 11.7. The topological polar surface area (TPSA) is 76.4 Å². The van der Waals surface area contributed by atoms with E-state index in [9.17, 15) is 4.79 Å². The maximum atomic E-state index is 11.7. The number of amides is 1. The molecule has 0 atom stereocenters. The number of nitrogen functional groups attached to an aromatic ring is 1. The van der Waals surface area contributed by atoms with Crippen LogP contribution in [0.15, 0.2) is 18.2 Å². The quantitative estimate of drug-likeness (QED) is 0.495. The highest BCUT2D eigenvalue weighted by molar-refractivity contribution is 6.00. The van der Waals surface area contributed by atoms with Crippen molar-refractivity contribution in [1.29, 1.82) is 0 Å². The zero-order valence-electron chi connectivity index (χ0n) is 11.7. The molecule has 0 aliphatic rings. The van der Waals surface area contributed by atoms with Gasteiger partial charge in [0.15, 0.2) is 0 Å². The van der Waals surface area contributed by atoms with Gasteiger partial charge in [-0.15, -0.1) is 0 Å². The molecule has 0 heterocycles. The summed E-state index contributed by atoms with van der Waals surface area (Å²) in [4.78, 5) is 11.7. The van der Waals surface area contributed by atoms with E-state index in [-0.39, 0.29) is 5.91 Å². The van der Waals surface area contributed by atoms with E-state index in [0.717, 1.165) is 38.1 Å². The first-order valence-electron chi connectivity index (χ1n) is 6.53. The van der Waals surface area contributed by atoms with Gasteiger partial charge in [-0.3, -0.25) is 4.79 Å². The smallest absolute Gasteiger partial charge is 0.253 e.